The van der Waals surface area contributed by atoms with Gasteiger partial charge in [0.05, 0.1) is 0 Å². The van der Waals surface area contributed by atoms with Crippen LogP contribution in [-0.4, -0.2) is 71.2 Å². The van der Waals surface area contributed by atoms with Crippen molar-refractivity contribution >= 4 is 35.7 Å². The van der Waals surface area contributed by atoms with E-state index >= 15 is 0 Å². The molecule has 2 aliphatic rings. The smallest absolute Gasteiger partial charge is 0.408 e. The Labute approximate surface area is 280 Å². The molecule has 2 saturated carbocycles. The van der Waals surface area contributed by atoms with Gasteiger partial charge in [0.2, 0.25) is 0 Å². The Hall–Kier alpha value is -4.74. The molecule has 0 radical (unpaired) electrons. The van der Waals surface area contributed by atoms with Crippen LogP contribution in [0.3, 0.4) is 0 Å². The van der Waals surface area contributed by atoms with E-state index in [0.717, 1.165) is 24.0 Å². The lowest BCUT2D eigenvalue weighted by Gasteiger charge is -2.39. The zero-order valence-corrected chi connectivity index (χ0v) is 28.4. The molecule has 12 heteroatoms. The van der Waals surface area contributed by atoms with Crippen molar-refractivity contribution in [2.24, 2.45) is 0 Å². The SMILES string of the molecule is CC(C)(C)OC(=O)NC1(C(=O)OCC(=O)c2ccc(-c3ccc(C(=O)COC(=O)C4(NC(=O)OC(C)(C)C)CCC4)cc3)cc2)CCC1. The highest BCUT2D eigenvalue weighted by molar-refractivity contribution is 6.00. The van der Waals surface area contributed by atoms with Crippen molar-refractivity contribution in [2.75, 3.05) is 13.2 Å². The summed E-state index contributed by atoms with van der Waals surface area (Å²) in [4.78, 5) is 75.6. The molecule has 0 heterocycles. The monoisotopic (exact) mass is 664 g/mol. The number of benzene rings is 2. The standard InChI is InChI=1S/C36H44N2O10/c1-33(2,3)47-31(43)37-35(17-7-18-35)29(41)45-21-27(39)25-13-9-23(10-14-25)24-11-15-26(16-12-24)28(40)22-46-30(42)36(19-8-20-36)38-32(44)48-34(4,5)6/h9-16H,7-8,17-22H2,1-6H3,(H,37,43)(H,38,44). The molecule has 12 nitrogen and oxygen atoms in total. The average molecular weight is 665 g/mol. The summed E-state index contributed by atoms with van der Waals surface area (Å²) in [5.41, 5.74) is -1.59. The normalized spacial score (nSPS) is 16.2. The van der Waals surface area contributed by atoms with Crippen LogP contribution >= 0.6 is 0 Å². The second kappa shape index (κ2) is 14.2. The summed E-state index contributed by atoms with van der Waals surface area (Å²) >= 11 is 0. The first kappa shape index (κ1) is 36.1. The van der Waals surface area contributed by atoms with Crippen molar-refractivity contribution in [3.63, 3.8) is 0 Å². The topological polar surface area (TPSA) is 163 Å². The van der Waals surface area contributed by atoms with Gasteiger partial charge in [-0.15, -0.1) is 0 Å². The van der Waals surface area contributed by atoms with Crippen molar-refractivity contribution in [2.45, 2.75) is 102 Å². The second-order valence-electron chi connectivity index (χ2n) is 14.3. The number of carbonyl (C=O) groups is 6. The summed E-state index contributed by atoms with van der Waals surface area (Å²) in [5, 5.41) is 5.23. The van der Waals surface area contributed by atoms with Crippen LogP contribution in [0, 0.1) is 0 Å². The first-order valence-electron chi connectivity index (χ1n) is 16.0. The van der Waals surface area contributed by atoms with E-state index < -0.39 is 71.2 Å². The zero-order valence-electron chi connectivity index (χ0n) is 28.4. The highest BCUT2D eigenvalue weighted by Gasteiger charge is 2.49. The lowest BCUT2D eigenvalue weighted by molar-refractivity contribution is -0.155. The van der Waals surface area contributed by atoms with E-state index in [-0.39, 0.29) is 0 Å². The summed E-state index contributed by atoms with van der Waals surface area (Å²) in [6.45, 7) is 9.39. The number of esters is 2. The van der Waals surface area contributed by atoms with E-state index in [1.807, 2.05) is 0 Å². The van der Waals surface area contributed by atoms with E-state index in [0.29, 0.717) is 36.8 Å². The van der Waals surface area contributed by atoms with Crippen LogP contribution in [0.2, 0.25) is 0 Å². The minimum Gasteiger partial charge on any atom is -0.456 e. The molecule has 48 heavy (non-hydrogen) atoms. The highest BCUT2D eigenvalue weighted by atomic mass is 16.6. The summed E-state index contributed by atoms with van der Waals surface area (Å²) in [6, 6.07) is 13.4. The number of amides is 2. The van der Waals surface area contributed by atoms with Crippen LogP contribution in [0.4, 0.5) is 9.59 Å². The maximum absolute atomic E-state index is 12.8. The van der Waals surface area contributed by atoms with E-state index in [1.54, 1.807) is 90.1 Å². The van der Waals surface area contributed by atoms with Gasteiger partial charge in [0.25, 0.3) is 0 Å². The molecular formula is C36H44N2O10. The maximum Gasteiger partial charge on any atom is 0.408 e. The molecule has 2 aliphatic carbocycles. The van der Waals surface area contributed by atoms with E-state index in [4.69, 9.17) is 18.9 Å². The molecule has 0 unspecified atom stereocenters. The first-order chi connectivity index (χ1) is 22.4. The Morgan fingerprint density at radius 2 is 0.875 bits per heavy atom. The number of nitrogens with one attached hydrogen (secondary N) is 2. The predicted molar refractivity (Wildman–Crippen MR) is 174 cm³/mol. The minimum absolute atomic E-state index is 0.341. The van der Waals surface area contributed by atoms with Crippen LogP contribution in [0.25, 0.3) is 11.1 Å². The Kier molecular flexibility index (Phi) is 10.7. The molecule has 258 valence electrons. The quantitative estimate of drug-likeness (QED) is 0.173. The van der Waals surface area contributed by atoms with Crippen LogP contribution in [0.15, 0.2) is 48.5 Å². The molecule has 2 N–H and O–H groups in total. The van der Waals surface area contributed by atoms with Gasteiger partial charge < -0.3 is 29.6 Å². The molecule has 2 aromatic rings. The Balaban J connectivity index is 1.27. The molecule has 4 rings (SSSR count). The van der Waals surface area contributed by atoms with Crippen molar-refractivity contribution < 1.29 is 47.7 Å². The van der Waals surface area contributed by atoms with Gasteiger partial charge in [-0.25, -0.2) is 19.2 Å². The molecule has 0 saturated heterocycles. The van der Waals surface area contributed by atoms with Crippen molar-refractivity contribution in [3.8, 4) is 11.1 Å². The van der Waals surface area contributed by atoms with Gasteiger partial charge in [-0.2, -0.15) is 0 Å². The molecule has 0 bridgehead atoms. The van der Waals surface area contributed by atoms with E-state index in [2.05, 4.69) is 10.6 Å². The number of alkyl carbamates (subject to hydrolysis) is 2. The summed E-state index contributed by atoms with van der Waals surface area (Å²) in [6.07, 6.45) is 1.64. The lowest BCUT2D eigenvalue weighted by atomic mass is 9.77. The van der Waals surface area contributed by atoms with Crippen molar-refractivity contribution in [1.29, 1.82) is 0 Å². The number of hydrogen-bond donors (Lipinski definition) is 2. The van der Waals surface area contributed by atoms with Crippen LogP contribution in [-0.2, 0) is 28.5 Å². The van der Waals surface area contributed by atoms with Crippen LogP contribution in [0.5, 0.6) is 0 Å². The van der Waals surface area contributed by atoms with Gasteiger partial charge in [-0.05, 0) is 91.2 Å². The third-order valence-corrected chi connectivity index (χ3v) is 8.09. The molecule has 2 aromatic carbocycles. The van der Waals surface area contributed by atoms with Crippen LogP contribution in [0.1, 0.15) is 101 Å². The average Bonchev–Trinajstić information content (AvgIpc) is 2.96. The van der Waals surface area contributed by atoms with Gasteiger partial charge in [0.15, 0.2) is 24.8 Å². The number of Topliss-reactive ketones (excluding diaryl/α,β-unsaturated/α-hetero) is 2. The zero-order chi connectivity index (χ0) is 35.3. The molecule has 0 atom stereocenters. The molecular weight excluding hydrogens is 620 g/mol. The van der Waals surface area contributed by atoms with Gasteiger partial charge in [-0.3, -0.25) is 9.59 Å². The molecule has 0 spiro atoms. The van der Waals surface area contributed by atoms with Gasteiger partial charge in [0.1, 0.15) is 22.3 Å². The molecule has 2 amide bonds. The summed E-state index contributed by atoms with van der Waals surface area (Å²) < 4.78 is 21.1. The first-order valence-corrected chi connectivity index (χ1v) is 16.0. The Morgan fingerprint density at radius 1 is 0.562 bits per heavy atom. The van der Waals surface area contributed by atoms with Crippen molar-refractivity contribution in [1.82, 2.24) is 10.6 Å². The fourth-order valence-corrected chi connectivity index (χ4v) is 5.22. The molecule has 0 aromatic heterocycles. The van der Waals surface area contributed by atoms with Gasteiger partial charge in [0, 0.05) is 11.1 Å². The van der Waals surface area contributed by atoms with Gasteiger partial charge >= 0.3 is 24.1 Å². The van der Waals surface area contributed by atoms with Crippen molar-refractivity contribution in [3.05, 3.63) is 59.7 Å². The maximum atomic E-state index is 12.8. The van der Waals surface area contributed by atoms with Crippen LogP contribution < -0.4 is 10.6 Å². The Bertz CT molecular complexity index is 1420. The number of hydrogen-bond acceptors (Lipinski definition) is 10. The third kappa shape index (κ3) is 9.20. The largest absolute Gasteiger partial charge is 0.456 e. The number of ether oxygens (including phenoxy) is 4. The fourth-order valence-electron chi connectivity index (χ4n) is 5.22. The predicted octanol–water partition coefficient (Wildman–Crippen LogP) is 5.70. The minimum atomic E-state index is -1.20. The molecule has 2 fully saturated rings. The summed E-state index contributed by atoms with van der Waals surface area (Å²) in [5.74, 6) is -2.15. The number of rotatable bonds is 11. The van der Waals surface area contributed by atoms with Gasteiger partial charge in [-0.1, -0.05) is 48.5 Å². The van der Waals surface area contributed by atoms with E-state index in [1.165, 1.54) is 0 Å². The fraction of sp³-hybridized carbons (Fsp3) is 0.500. The summed E-state index contributed by atoms with van der Waals surface area (Å²) in [7, 11) is 0. The number of ketones is 2. The van der Waals surface area contributed by atoms with E-state index in [9.17, 15) is 28.8 Å². The molecule has 0 aliphatic heterocycles. The second-order valence-corrected chi connectivity index (χ2v) is 14.3. The lowest BCUT2D eigenvalue weighted by Crippen LogP contribution is -2.60. The highest BCUT2D eigenvalue weighted by Crippen LogP contribution is 2.34. The number of carbonyl (C=O) groups excluding carboxylic acids is 6. The Morgan fingerprint density at radius 3 is 1.12 bits per heavy atom. The third-order valence-electron chi connectivity index (χ3n) is 8.09.